The predicted octanol–water partition coefficient (Wildman–Crippen LogP) is 5.57. The van der Waals surface area contributed by atoms with Crippen LogP contribution in [-0.4, -0.2) is 19.4 Å². The van der Waals surface area contributed by atoms with Gasteiger partial charge in [0.05, 0.1) is 16.9 Å². The smallest absolute Gasteiger partial charge is 0.164 e. The van der Waals surface area contributed by atoms with Crippen LogP contribution in [0.3, 0.4) is 0 Å². The molecule has 0 unspecified atom stereocenters. The molecular formula is C27H16N4. The Labute approximate surface area is 177 Å². The first-order valence-corrected chi connectivity index (χ1v) is 10.6. The Kier molecular flexibility index (Phi) is 2.72. The highest BCUT2D eigenvalue weighted by Gasteiger charge is 2.31. The van der Waals surface area contributed by atoms with Crippen LogP contribution in [0, 0.1) is 0 Å². The Morgan fingerprint density at radius 2 is 1.65 bits per heavy atom. The van der Waals surface area contributed by atoms with Crippen molar-refractivity contribution in [2.75, 3.05) is 0 Å². The van der Waals surface area contributed by atoms with Crippen LogP contribution in [0.25, 0.3) is 49.8 Å². The van der Waals surface area contributed by atoms with Gasteiger partial charge >= 0.3 is 0 Å². The number of hydrogen-bond acceptors (Lipinski definition) is 3. The molecule has 0 spiro atoms. The average Bonchev–Trinajstić information content (AvgIpc) is 3.49. The first-order chi connectivity index (χ1) is 15.4. The maximum atomic E-state index is 5.17. The van der Waals surface area contributed by atoms with E-state index in [1.807, 2.05) is 24.7 Å². The van der Waals surface area contributed by atoms with Crippen molar-refractivity contribution in [2.45, 2.75) is 12.8 Å². The second kappa shape index (κ2) is 5.35. The van der Waals surface area contributed by atoms with Crippen LogP contribution in [0.2, 0.25) is 0 Å². The molecule has 2 aliphatic rings. The third kappa shape index (κ3) is 1.84. The molecule has 0 N–H and O–H groups in total. The molecule has 4 nitrogen and oxygen atoms in total. The summed E-state index contributed by atoms with van der Waals surface area (Å²) in [5, 5.41) is 2.22. The highest BCUT2D eigenvalue weighted by Crippen LogP contribution is 2.47. The van der Waals surface area contributed by atoms with Gasteiger partial charge in [-0.15, -0.1) is 0 Å². The van der Waals surface area contributed by atoms with E-state index in [-0.39, 0.29) is 0 Å². The number of rotatable bonds is 0. The van der Waals surface area contributed by atoms with E-state index in [0.29, 0.717) is 0 Å². The van der Waals surface area contributed by atoms with E-state index >= 15 is 0 Å². The third-order valence-corrected chi connectivity index (χ3v) is 7.03. The molecule has 0 aliphatic heterocycles. The van der Waals surface area contributed by atoms with Crippen molar-refractivity contribution in [3.8, 4) is 22.4 Å². The minimum Gasteiger partial charge on any atom is -0.294 e. The Morgan fingerprint density at radius 3 is 2.65 bits per heavy atom. The molecule has 6 aromatic rings. The van der Waals surface area contributed by atoms with Crippen molar-refractivity contribution in [3.63, 3.8) is 0 Å². The number of aromatic nitrogens is 4. The molecule has 0 bridgehead atoms. The van der Waals surface area contributed by atoms with Crippen LogP contribution in [-0.2, 0) is 12.8 Å². The summed E-state index contributed by atoms with van der Waals surface area (Å²) in [6.07, 6.45) is 7.58. The lowest BCUT2D eigenvalue weighted by Crippen LogP contribution is -1.99. The minimum absolute atomic E-state index is 0.902. The first kappa shape index (κ1) is 15.7. The SMILES string of the molecule is c1ccc2c(c1)Cc1c-2ccc2c1Cc1c-2nc2c3ncccc3c3cnccc3n12. The zero-order chi connectivity index (χ0) is 20.1. The zero-order valence-electron chi connectivity index (χ0n) is 16.6. The Bertz CT molecular complexity index is 1740. The number of nitrogens with zero attached hydrogens (tertiary/aromatic N) is 4. The molecule has 0 atom stereocenters. The minimum atomic E-state index is 0.902. The second-order valence-electron chi connectivity index (χ2n) is 8.49. The number of hydrogen-bond donors (Lipinski definition) is 0. The van der Waals surface area contributed by atoms with E-state index in [9.17, 15) is 0 Å². The second-order valence-corrected chi connectivity index (χ2v) is 8.49. The van der Waals surface area contributed by atoms with Crippen LogP contribution in [0.1, 0.15) is 22.4 Å². The molecule has 8 rings (SSSR count). The van der Waals surface area contributed by atoms with Gasteiger partial charge in [-0.3, -0.25) is 14.4 Å². The van der Waals surface area contributed by atoms with Crippen LogP contribution in [0.15, 0.2) is 73.2 Å². The maximum absolute atomic E-state index is 5.17. The average molecular weight is 396 g/mol. The van der Waals surface area contributed by atoms with Gasteiger partial charge in [-0.05, 0) is 46.4 Å². The van der Waals surface area contributed by atoms with Crippen LogP contribution < -0.4 is 0 Å². The lowest BCUT2D eigenvalue weighted by Gasteiger charge is -2.10. The molecule has 2 aliphatic carbocycles. The molecule has 4 heterocycles. The molecule has 0 amide bonds. The summed E-state index contributed by atoms with van der Waals surface area (Å²) in [6, 6.07) is 19.5. The van der Waals surface area contributed by atoms with Gasteiger partial charge < -0.3 is 0 Å². The number of pyridine rings is 3. The lowest BCUT2D eigenvalue weighted by molar-refractivity contribution is 1.07. The van der Waals surface area contributed by atoms with Crippen molar-refractivity contribution < 1.29 is 0 Å². The molecule has 0 saturated heterocycles. The summed E-state index contributed by atoms with van der Waals surface area (Å²) in [5.74, 6) is 0. The van der Waals surface area contributed by atoms with Gasteiger partial charge in [-0.25, -0.2) is 4.98 Å². The van der Waals surface area contributed by atoms with Crippen LogP contribution in [0.4, 0.5) is 0 Å². The van der Waals surface area contributed by atoms with Crippen molar-refractivity contribution in [1.82, 2.24) is 19.4 Å². The number of fused-ring (bicyclic) bond motifs is 14. The summed E-state index contributed by atoms with van der Waals surface area (Å²) >= 11 is 0. The van der Waals surface area contributed by atoms with E-state index < -0.39 is 0 Å². The maximum Gasteiger partial charge on any atom is 0.164 e. The van der Waals surface area contributed by atoms with Crippen molar-refractivity contribution >= 4 is 27.5 Å². The van der Waals surface area contributed by atoms with Gasteiger partial charge in [0.1, 0.15) is 5.52 Å². The van der Waals surface area contributed by atoms with Gasteiger partial charge in [0.2, 0.25) is 0 Å². The quantitative estimate of drug-likeness (QED) is 0.315. The van der Waals surface area contributed by atoms with E-state index in [1.54, 1.807) is 0 Å². The molecule has 144 valence electrons. The van der Waals surface area contributed by atoms with Crippen LogP contribution in [0.5, 0.6) is 0 Å². The fourth-order valence-electron chi connectivity index (χ4n) is 5.71. The van der Waals surface area contributed by atoms with E-state index in [4.69, 9.17) is 9.97 Å². The fraction of sp³-hybridized carbons (Fsp3) is 0.0741. The normalized spacial score (nSPS) is 13.5. The first-order valence-electron chi connectivity index (χ1n) is 10.6. The molecule has 0 saturated carbocycles. The van der Waals surface area contributed by atoms with Crippen molar-refractivity contribution in [3.05, 3.63) is 95.6 Å². The molecular weight excluding hydrogens is 380 g/mol. The van der Waals surface area contributed by atoms with Gasteiger partial charge in [-0.2, -0.15) is 0 Å². The topological polar surface area (TPSA) is 43.1 Å². The van der Waals surface area contributed by atoms with Crippen molar-refractivity contribution in [2.24, 2.45) is 0 Å². The predicted molar refractivity (Wildman–Crippen MR) is 122 cm³/mol. The van der Waals surface area contributed by atoms with Gasteiger partial charge in [-0.1, -0.05) is 42.5 Å². The van der Waals surface area contributed by atoms with Gasteiger partial charge in [0.15, 0.2) is 5.65 Å². The van der Waals surface area contributed by atoms with Gasteiger partial charge in [0, 0.05) is 41.3 Å². The summed E-state index contributed by atoms with van der Waals surface area (Å²) in [7, 11) is 0. The zero-order valence-corrected chi connectivity index (χ0v) is 16.6. The monoisotopic (exact) mass is 396 g/mol. The Hall–Kier alpha value is -4.05. The largest absolute Gasteiger partial charge is 0.294 e. The van der Waals surface area contributed by atoms with E-state index in [1.165, 1.54) is 39.1 Å². The molecule has 0 fully saturated rings. The molecule has 4 aromatic heterocycles. The van der Waals surface area contributed by atoms with Crippen LogP contribution >= 0.6 is 0 Å². The molecule has 0 radical (unpaired) electrons. The van der Waals surface area contributed by atoms with E-state index in [0.717, 1.165) is 46.0 Å². The summed E-state index contributed by atoms with van der Waals surface area (Å²) in [5.41, 5.74) is 13.8. The van der Waals surface area contributed by atoms with E-state index in [2.05, 4.69) is 57.9 Å². The van der Waals surface area contributed by atoms with Crippen molar-refractivity contribution in [1.29, 1.82) is 0 Å². The molecule has 4 heteroatoms. The lowest BCUT2D eigenvalue weighted by atomic mass is 9.97. The number of benzene rings is 2. The molecule has 31 heavy (non-hydrogen) atoms. The fourth-order valence-corrected chi connectivity index (χ4v) is 5.71. The highest BCUT2D eigenvalue weighted by atomic mass is 15.1. The summed E-state index contributed by atoms with van der Waals surface area (Å²) in [4.78, 5) is 14.3. The third-order valence-electron chi connectivity index (χ3n) is 7.03. The highest BCUT2D eigenvalue weighted by molar-refractivity contribution is 6.10. The van der Waals surface area contributed by atoms with Gasteiger partial charge in [0.25, 0.3) is 0 Å². The Morgan fingerprint density at radius 1 is 0.742 bits per heavy atom. The molecule has 2 aromatic carbocycles. The summed E-state index contributed by atoms with van der Waals surface area (Å²) < 4.78 is 2.32. The number of imidazole rings is 1. The standard InChI is InChI=1S/C27H16N4/c1-2-5-16-15(4-1)12-20-17(16)7-8-19-21(20)13-24-25(19)30-27-26-18(6-3-10-29-26)22-14-28-11-9-23(22)31(24)27/h1-11,14H,12-13H2. The summed E-state index contributed by atoms with van der Waals surface area (Å²) in [6.45, 7) is 0. The Balaban J connectivity index is 1.47.